The molecule has 206 valence electrons. The van der Waals surface area contributed by atoms with E-state index in [2.05, 4.69) is 0 Å². The van der Waals surface area contributed by atoms with E-state index in [-0.39, 0.29) is 42.3 Å². The summed E-state index contributed by atoms with van der Waals surface area (Å²) < 4.78 is 46.7. The summed E-state index contributed by atoms with van der Waals surface area (Å²) >= 11 is 6.04. The molecular weight excluding hydrogens is 543 g/mol. The summed E-state index contributed by atoms with van der Waals surface area (Å²) in [5.74, 6) is -0.894. The van der Waals surface area contributed by atoms with Crippen molar-refractivity contribution in [1.82, 2.24) is 4.90 Å². The van der Waals surface area contributed by atoms with E-state index in [4.69, 9.17) is 16.3 Å². The number of hydrogen-bond donors (Lipinski definition) is 1. The Balaban J connectivity index is 1.54. The van der Waals surface area contributed by atoms with Crippen molar-refractivity contribution in [1.29, 1.82) is 0 Å². The molecule has 0 unspecified atom stereocenters. The third kappa shape index (κ3) is 7.64. The highest BCUT2D eigenvalue weighted by Gasteiger charge is 2.33. The number of carbonyl (C=O) groups is 2. The topological polar surface area (TPSA) is 66.8 Å². The van der Waals surface area contributed by atoms with Gasteiger partial charge in [-0.1, -0.05) is 66.2 Å². The molecule has 40 heavy (non-hydrogen) atoms. The van der Waals surface area contributed by atoms with Crippen molar-refractivity contribution in [3.8, 4) is 11.5 Å². The van der Waals surface area contributed by atoms with Crippen LogP contribution in [-0.4, -0.2) is 21.9 Å². The van der Waals surface area contributed by atoms with Crippen molar-refractivity contribution in [3.63, 3.8) is 0 Å². The highest BCUT2D eigenvalue weighted by atomic mass is 35.5. The van der Waals surface area contributed by atoms with Crippen LogP contribution in [0.3, 0.4) is 0 Å². The average molecular weight is 568 g/mol. The number of amides is 1. The fourth-order valence-corrected chi connectivity index (χ4v) is 4.43. The smallest absolute Gasteiger partial charge is 0.416 e. The second-order valence-corrected chi connectivity index (χ2v) is 9.52. The van der Waals surface area contributed by atoms with E-state index in [0.29, 0.717) is 22.8 Å². The van der Waals surface area contributed by atoms with Crippen LogP contribution in [0, 0.1) is 0 Å². The van der Waals surface area contributed by atoms with Crippen LogP contribution >= 0.6 is 11.6 Å². The van der Waals surface area contributed by atoms with E-state index in [0.717, 1.165) is 11.6 Å². The van der Waals surface area contributed by atoms with E-state index in [9.17, 15) is 27.9 Å². The minimum atomic E-state index is -4.56. The summed E-state index contributed by atoms with van der Waals surface area (Å²) in [6, 6.07) is 25.1. The molecule has 4 aromatic carbocycles. The van der Waals surface area contributed by atoms with Crippen molar-refractivity contribution in [2.45, 2.75) is 32.1 Å². The van der Waals surface area contributed by atoms with E-state index >= 15 is 0 Å². The number of nitrogens with zero attached hydrogens (tertiary/aromatic N) is 1. The lowest BCUT2D eigenvalue weighted by molar-refractivity contribution is -0.140. The van der Waals surface area contributed by atoms with Gasteiger partial charge >= 0.3 is 12.1 Å². The fraction of sp³-hybridized carbons (Fsp3) is 0.161. The number of carbonyl (C=O) groups excluding carboxylic acids is 1. The fourth-order valence-electron chi connectivity index (χ4n) is 4.22. The summed E-state index contributed by atoms with van der Waals surface area (Å²) in [7, 11) is 0. The minimum absolute atomic E-state index is 0.00339. The number of halogens is 4. The Morgan fingerprint density at radius 3 is 2.23 bits per heavy atom. The second kappa shape index (κ2) is 12.7. The molecule has 0 aliphatic carbocycles. The molecule has 0 fully saturated rings. The second-order valence-electron chi connectivity index (χ2n) is 9.08. The van der Waals surface area contributed by atoms with Gasteiger partial charge in [-0.15, -0.1) is 0 Å². The van der Waals surface area contributed by atoms with E-state index in [1.807, 2.05) is 6.07 Å². The number of para-hydroxylation sites is 1. The monoisotopic (exact) mass is 567 g/mol. The zero-order chi connectivity index (χ0) is 28.7. The van der Waals surface area contributed by atoms with Crippen molar-refractivity contribution < 1.29 is 32.6 Å². The molecule has 0 aromatic heterocycles. The average Bonchev–Trinajstić information content (AvgIpc) is 2.92. The molecule has 0 saturated carbocycles. The molecule has 0 spiro atoms. The van der Waals surface area contributed by atoms with Crippen molar-refractivity contribution in [3.05, 3.63) is 130 Å². The molecule has 4 aromatic rings. The molecule has 4 rings (SSSR count). The number of aryl methyl sites for hydroxylation is 1. The first-order valence-electron chi connectivity index (χ1n) is 12.4. The van der Waals surface area contributed by atoms with E-state index in [1.165, 1.54) is 35.2 Å². The summed E-state index contributed by atoms with van der Waals surface area (Å²) in [6.45, 7) is -0.166. The summed E-state index contributed by atoms with van der Waals surface area (Å²) in [5, 5.41) is 9.90. The number of hydrogen-bond acceptors (Lipinski definition) is 3. The summed E-state index contributed by atoms with van der Waals surface area (Å²) in [5.41, 5.74) is 0.727. The molecule has 9 heteroatoms. The minimum Gasteiger partial charge on any atom is -0.478 e. The van der Waals surface area contributed by atoms with Gasteiger partial charge in [-0.25, -0.2) is 4.79 Å². The predicted molar refractivity (Wildman–Crippen MR) is 145 cm³/mol. The van der Waals surface area contributed by atoms with E-state index in [1.54, 1.807) is 54.6 Å². The molecule has 0 aliphatic rings. The zero-order valence-corrected chi connectivity index (χ0v) is 22.0. The quantitative estimate of drug-likeness (QED) is 0.211. The van der Waals surface area contributed by atoms with Crippen LogP contribution in [0.25, 0.3) is 0 Å². The standard InChI is InChI=1S/C31H25ClF3NO4/c32-24-8-5-6-21(18-24)14-17-29(37)36(20-23-7-1-3-10-27(23)31(33,34)35)19-22-12-15-25(16-13-22)40-28-11-4-2-9-26(28)30(38)39/h1-13,15-16,18H,14,17,19-20H2,(H,38,39). The first-order valence-corrected chi connectivity index (χ1v) is 12.7. The number of carboxylic acid groups (broad SMARTS) is 1. The van der Waals surface area contributed by atoms with Gasteiger partial charge in [-0.2, -0.15) is 13.2 Å². The van der Waals surface area contributed by atoms with Crippen LogP contribution in [0.2, 0.25) is 5.02 Å². The largest absolute Gasteiger partial charge is 0.478 e. The maximum absolute atomic E-state index is 13.7. The van der Waals surface area contributed by atoms with Crippen LogP contribution in [0.1, 0.15) is 39.0 Å². The molecule has 1 N–H and O–H groups in total. The van der Waals surface area contributed by atoms with Gasteiger partial charge in [0.05, 0.1) is 5.56 Å². The van der Waals surface area contributed by atoms with Gasteiger partial charge in [0.2, 0.25) is 5.91 Å². The Morgan fingerprint density at radius 2 is 1.52 bits per heavy atom. The third-order valence-corrected chi connectivity index (χ3v) is 6.43. The van der Waals surface area contributed by atoms with Gasteiger partial charge in [0.1, 0.15) is 17.1 Å². The molecular formula is C31H25ClF3NO4. The number of rotatable bonds is 10. The maximum atomic E-state index is 13.7. The van der Waals surface area contributed by atoms with Gasteiger partial charge in [0, 0.05) is 24.5 Å². The lowest BCUT2D eigenvalue weighted by atomic mass is 10.0. The number of aromatic carboxylic acids is 1. The van der Waals surface area contributed by atoms with Crippen LogP contribution in [-0.2, 0) is 30.5 Å². The van der Waals surface area contributed by atoms with Gasteiger partial charge < -0.3 is 14.7 Å². The normalized spacial score (nSPS) is 11.2. The number of alkyl halides is 3. The molecule has 0 saturated heterocycles. The molecule has 0 heterocycles. The lowest BCUT2D eigenvalue weighted by Crippen LogP contribution is -2.31. The van der Waals surface area contributed by atoms with Crippen LogP contribution < -0.4 is 4.74 Å². The first kappa shape index (κ1) is 28.7. The van der Waals surface area contributed by atoms with Gasteiger partial charge in [0.25, 0.3) is 0 Å². The van der Waals surface area contributed by atoms with Crippen molar-refractivity contribution >= 4 is 23.5 Å². The Bertz CT molecular complexity index is 1490. The van der Waals surface area contributed by atoms with Gasteiger partial charge in [0.15, 0.2) is 0 Å². The molecule has 0 radical (unpaired) electrons. The number of carboxylic acids is 1. The summed E-state index contributed by atoms with van der Waals surface area (Å²) in [6.07, 6.45) is -4.09. The first-order chi connectivity index (χ1) is 19.1. The maximum Gasteiger partial charge on any atom is 0.416 e. The van der Waals surface area contributed by atoms with Crippen LogP contribution in [0.15, 0.2) is 97.1 Å². The zero-order valence-electron chi connectivity index (χ0n) is 21.2. The lowest BCUT2D eigenvalue weighted by Gasteiger charge is -2.25. The molecule has 0 aliphatic heterocycles. The highest BCUT2D eigenvalue weighted by Crippen LogP contribution is 2.33. The SMILES string of the molecule is O=C(O)c1ccccc1Oc1ccc(CN(Cc2ccccc2C(F)(F)F)C(=O)CCc2cccc(Cl)c2)cc1. The molecule has 1 amide bonds. The number of ether oxygens (including phenoxy) is 1. The Morgan fingerprint density at radius 1 is 0.825 bits per heavy atom. The van der Waals surface area contributed by atoms with Gasteiger partial charge in [-0.3, -0.25) is 4.79 Å². The summed E-state index contributed by atoms with van der Waals surface area (Å²) in [4.78, 5) is 26.2. The highest BCUT2D eigenvalue weighted by molar-refractivity contribution is 6.30. The Hall–Kier alpha value is -4.30. The molecule has 0 bridgehead atoms. The Labute approximate surface area is 234 Å². The number of benzene rings is 4. The third-order valence-electron chi connectivity index (χ3n) is 6.20. The van der Waals surface area contributed by atoms with Crippen LogP contribution in [0.4, 0.5) is 13.2 Å². The van der Waals surface area contributed by atoms with Crippen molar-refractivity contribution in [2.24, 2.45) is 0 Å². The van der Waals surface area contributed by atoms with Gasteiger partial charge in [-0.05, 0) is 65.6 Å². The molecule has 5 nitrogen and oxygen atoms in total. The predicted octanol–water partition coefficient (Wildman–Crippen LogP) is 8.01. The Kier molecular flexibility index (Phi) is 9.11. The van der Waals surface area contributed by atoms with E-state index < -0.39 is 17.7 Å². The van der Waals surface area contributed by atoms with Crippen molar-refractivity contribution in [2.75, 3.05) is 0 Å². The van der Waals surface area contributed by atoms with Crippen LogP contribution in [0.5, 0.6) is 11.5 Å². The molecule has 0 atom stereocenters.